The number of esters is 1. The summed E-state index contributed by atoms with van der Waals surface area (Å²) in [7, 11) is 0. The molecule has 9 heteroatoms. The number of benzene rings is 1. The number of carbonyl (C=O) groups is 2. The van der Waals surface area contributed by atoms with Crippen molar-refractivity contribution in [1.82, 2.24) is 24.5 Å². The molecule has 0 bridgehead atoms. The molecule has 1 unspecified atom stereocenters. The van der Waals surface area contributed by atoms with E-state index >= 15 is 0 Å². The van der Waals surface area contributed by atoms with Crippen LogP contribution in [-0.4, -0.2) is 61.3 Å². The molecule has 0 N–H and O–H groups in total. The average molecular weight is 414 g/mol. The molecule has 1 amide bonds. The van der Waals surface area contributed by atoms with Gasteiger partial charge >= 0.3 is 5.97 Å². The molecule has 0 saturated carbocycles. The molecular formula is C20H23N5O3S. The standard InChI is InChI=1S/C20H23N5O3S/c1-3-28-19(27)16-10-6-7-11-24(16)17(26)12-29-20-22-15-9-5-4-8-14(15)18-21-13(2)23-25(18)20/h4-5,8-9,16H,3,6-7,10-12H2,1-2H3. The quantitative estimate of drug-likeness (QED) is 0.361. The summed E-state index contributed by atoms with van der Waals surface area (Å²) >= 11 is 1.31. The van der Waals surface area contributed by atoms with Crippen LogP contribution in [0.4, 0.5) is 0 Å². The highest BCUT2D eigenvalue weighted by molar-refractivity contribution is 7.99. The van der Waals surface area contributed by atoms with Crippen molar-refractivity contribution in [2.75, 3.05) is 18.9 Å². The fourth-order valence-corrected chi connectivity index (χ4v) is 4.48. The van der Waals surface area contributed by atoms with Gasteiger partial charge in [-0.15, -0.1) is 5.10 Å². The van der Waals surface area contributed by atoms with Crippen molar-refractivity contribution in [1.29, 1.82) is 0 Å². The molecule has 29 heavy (non-hydrogen) atoms. The van der Waals surface area contributed by atoms with E-state index in [4.69, 9.17) is 4.74 Å². The van der Waals surface area contributed by atoms with Crippen LogP contribution in [0.5, 0.6) is 0 Å². The Bertz CT molecular complexity index is 1070. The first-order valence-corrected chi connectivity index (χ1v) is 10.8. The minimum atomic E-state index is -0.491. The van der Waals surface area contributed by atoms with Gasteiger partial charge in [-0.3, -0.25) is 4.79 Å². The first-order chi connectivity index (χ1) is 14.1. The largest absolute Gasteiger partial charge is 0.464 e. The summed E-state index contributed by atoms with van der Waals surface area (Å²) in [6.07, 6.45) is 2.47. The van der Waals surface area contributed by atoms with Crippen LogP contribution in [0.1, 0.15) is 32.0 Å². The normalized spacial score (nSPS) is 17.0. The van der Waals surface area contributed by atoms with E-state index in [0.29, 0.717) is 30.6 Å². The molecule has 3 aromatic rings. The van der Waals surface area contributed by atoms with E-state index in [0.717, 1.165) is 29.4 Å². The molecule has 2 aromatic heterocycles. The van der Waals surface area contributed by atoms with E-state index in [2.05, 4.69) is 15.1 Å². The Kier molecular flexibility index (Phi) is 5.66. The smallest absolute Gasteiger partial charge is 0.328 e. The van der Waals surface area contributed by atoms with Crippen molar-refractivity contribution < 1.29 is 14.3 Å². The van der Waals surface area contributed by atoms with Gasteiger partial charge in [0.1, 0.15) is 11.9 Å². The van der Waals surface area contributed by atoms with E-state index in [1.165, 1.54) is 11.8 Å². The van der Waals surface area contributed by atoms with Gasteiger partial charge in [0.25, 0.3) is 0 Å². The Morgan fingerprint density at radius 1 is 1.24 bits per heavy atom. The lowest BCUT2D eigenvalue weighted by atomic mass is 10.0. The van der Waals surface area contributed by atoms with Gasteiger partial charge in [0.2, 0.25) is 5.91 Å². The zero-order chi connectivity index (χ0) is 20.4. The van der Waals surface area contributed by atoms with Crippen molar-refractivity contribution in [3.63, 3.8) is 0 Å². The van der Waals surface area contributed by atoms with Gasteiger partial charge in [0.05, 0.1) is 17.9 Å². The number of likely N-dealkylation sites (tertiary alicyclic amines) is 1. The van der Waals surface area contributed by atoms with E-state index in [-0.39, 0.29) is 17.6 Å². The summed E-state index contributed by atoms with van der Waals surface area (Å²) in [5, 5.41) is 5.97. The lowest BCUT2D eigenvalue weighted by Gasteiger charge is -2.33. The third-order valence-electron chi connectivity index (χ3n) is 4.96. The fourth-order valence-electron chi connectivity index (χ4n) is 3.65. The number of nitrogens with zero attached hydrogens (tertiary/aromatic N) is 5. The predicted octanol–water partition coefficient (Wildman–Crippen LogP) is 2.62. The summed E-state index contributed by atoms with van der Waals surface area (Å²) < 4.78 is 6.85. The second-order valence-electron chi connectivity index (χ2n) is 6.95. The minimum absolute atomic E-state index is 0.0901. The summed E-state index contributed by atoms with van der Waals surface area (Å²) in [5.41, 5.74) is 1.54. The molecule has 0 spiro atoms. The summed E-state index contributed by atoms with van der Waals surface area (Å²) in [6.45, 7) is 4.50. The highest BCUT2D eigenvalue weighted by Crippen LogP contribution is 2.25. The lowest BCUT2D eigenvalue weighted by molar-refractivity contribution is -0.155. The molecule has 1 aliphatic heterocycles. The molecule has 1 saturated heterocycles. The minimum Gasteiger partial charge on any atom is -0.464 e. The molecule has 8 nitrogen and oxygen atoms in total. The maximum Gasteiger partial charge on any atom is 0.328 e. The van der Waals surface area contributed by atoms with Gasteiger partial charge < -0.3 is 9.64 Å². The maximum absolute atomic E-state index is 12.9. The molecule has 3 heterocycles. The summed E-state index contributed by atoms with van der Waals surface area (Å²) in [4.78, 5) is 36.0. The number of hydrogen-bond acceptors (Lipinski definition) is 7. The third-order valence-corrected chi connectivity index (χ3v) is 5.88. The van der Waals surface area contributed by atoms with Crippen LogP contribution in [0.15, 0.2) is 29.4 Å². The summed E-state index contributed by atoms with van der Waals surface area (Å²) in [5.74, 6) is 0.418. The van der Waals surface area contributed by atoms with Gasteiger partial charge in [0, 0.05) is 11.9 Å². The van der Waals surface area contributed by atoms with Crippen LogP contribution in [0.2, 0.25) is 0 Å². The Balaban J connectivity index is 1.57. The number of carbonyl (C=O) groups excluding carboxylic acids is 2. The van der Waals surface area contributed by atoms with E-state index < -0.39 is 6.04 Å². The number of fused-ring (bicyclic) bond motifs is 3. The Morgan fingerprint density at radius 3 is 2.90 bits per heavy atom. The fraction of sp³-hybridized carbons (Fsp3) is 0.450. The van der Waals surface area contributed by atoms with Crippen LogP contribution < -0.4 is 0 Å². The van der Waals surface area contributed by atoms with E-state index in [9.17, 15) is 9.59 Å². The number of aryl methyl sites for hydroxylation is 1. The number of thioether (sulfide) groups is 1. The Morgan fingerprint density at radius 2 is 2.07 bits per heavy atom. The molecule has 1 aromatic carbocycles. The van der Waals surface area contributed by atoms with Crippen molar-refractivity contribution >= 4 is 40.2 Å². The third kappa shape index (κ3) is 3.91. The second-order valence-corrected chi connectivity index (χ2v) is 7.89. The number of rotatable bonds is 5. The molecular weight excluding hydrogens is 390 g/mol. The first kappa shape index (κ1) is 19.6. The van der Waals surface area contributed by atoms with Crippen LogP contribution in [-0.2, 0) is 14.3 Å². The van der Waals surface area contributed by atoms with E-state index in [1.54, 1.807) is 16.3 Å². The van der Waals surface area contributed by atoms with Crippen molar-refractivity contribution in [3.05, 3.63) is 30.1 Å². The molecule has 0 aliphatic carbocycles. The molecule has 152 valence electrons. The Labute approximate surface area is 172 Å². The number of para-hydroxylation sites is 1. The van der Waals surface area contributed by atoms with E-state index in [1.807, 2.05) is 31.2 Å². The topological polar surface area (TPSA) is 89.7 Å². The SMILES string of the molecule is CCOC(=O)C1CCCCN1C(=O)CSc1nc2ccccc2c2nc(C)nn12. The van der Waals surface area contributed by atoms with Crippen LogP contribution in [0.25, 0.3) is 16.6 Å². The Hall–Kier alpha value is -2.68. The average Bonchev–Trinajstić information content (AvgIpc) is 3.14. The van der Waals surface area contributed by atoms with Crippen molar-refractivity contribution in [3.8, 4) is 0 Å². The molecule has 1 atom stereocenters. The zero-order valence-electron chi connectivity index (χ0n) is 16.5. The predicted molar refractivity (Wildman–Crippen MR) is 110 cm³/mol. The van der Waals surface area contributed by atoms with Crippen LogP contribution >= 0.6 is 11.8 Å². The van der Waals surface area contributed by atoms with Gasteiger partial charge in [-0.25, -0.2) is 14.8 Å². The highest BCUT2D eigenvalue weighted by atomic mass is 32.2. The van der Waals surface area contributed by atoms with Crippen LogP contribution in [0, 0.1) is 6.92 Å². The molecule has 1 aliphatic rings. The van der Waals surface area contributed by atoms with Crippen molar-refractivity contribution in [2.45, 2.75) is 44.3 Å². The molecule has 1 fully saturated rings. The van der Waals surface area contributed by atoms with Gasteiger partial charge in [-0.2, -0.15) is 4.52 Å². The zero-order valence-corrected chi connectivity index (χ0v) is 17.3. The second kappa shape index (κ2) is 8.36. The first-order valence-electron chi connectivity index (χ1n) is 9.79. The number of piperidine rings is 1. The lowest BCUT2D eigenvalue weighted by Crippen LogP contribution is -2.49. The van der Waals surface area contributed by atoms with Crippen molar-refractivity contribution in [2.24, 2.45) is 0 Å². The number of ether oxygens (including phenoxy) is 1. The number of hydrogen-bond donors (Lipinski definition) is 0. The highest BCUT2D eigenvalue weighted by Gasteiger charge is 2.33. The van der Waals surface area contributed by atoms with Gasteiger partial charge in [-0.05, 0) is 45.2 Å². The molecule has 0 radical (unpaired) electrons. The number of amides is 1. The van der Waals surface area contributed by atoms with Gasteiger partial charge in [0.15, 0.2) is 10.8 Å². The monoisotopic (exact) mass is 413 g/mol. The van der Waals surface area contributed by atoms with Crippen LogP contribution in [0.3, 0.4) is 0 Å². The number of aromatic nitrogens is 4. The van der Waals surface area contributed by atoms with Gasteiger partial charge in [-0.1, -0.05) is 23.9 Å². The molecule has 4 rings (SSSR count). The summed E-state index contributed by atoms with van der Waals surface area (Å²) in [6, 6.07) is 7.26. The maximum atomic E-state index is 12.9.